The number of nitrogen functional groups attached to an aromatic ring is 1. The lowest BCUT2D eigenvalue weighted by atomic mass is 10.0. The Labute approximate surface area is 108 Å². The molecule has 8 nitrogen and oxygen atoms in total. The van der Waals surface area contributed by atoms with Crippen LogP contribution < -0.4 is 11.4 Å². The number of aromatic nitrogens is 2. The molecule has 0 aromatic carbocycles. The Morgan fingerprint density at radius 1 is 1.74 bits per heavy atom. The Morgan fingerprint density at radius 2 is 2.42 bits per heavy atom. The standard InChI is InChI=1S/C11H15N3O5/c1-6(16)11(4-7(17)8(5-15)19-11)14-3-2-9(12)13-10(14)18/h2-3,7-8,15,17H,4-5H2,1H3,(H2,12,13,18)/t7-,8+,11-/m0/s1. The monoisotopic (exact) mass is 269 g/mol. The van der Waals surface area contributed by atoms with Gasteiger partial charge < -0.3 is 20.7 Å². The summed E-state index contributed by atoms with van der Waals surface area (Å²) in [6.07, 6.45) is -0.802. The van der Waals surface area contributed by atoms with Crippen LogP contribution in [0.25, 0.3) is 0 Å². The zero-order valence-corrected chi connectivity index (χ0v) is 10.3. The highest BCUT2D eigenvalue weighted by atomic mass is 16.6. The Kier molecular flexibility index (Phi) is 3.40. The van der Waals surface area contributed by atoms with E-state index in [9.17, 15) is 14.7 Å². The number of carbonyl (C=O) groups excluding carboxylic acids is 1. The van der Waals surface area contributed by atoms with Crippen molar-refractivity contribution in [1.29, 1.82) is 0 Å². The number of carbonyl (C=O) groups is 1. The summed E-state index contributed by atoms with van der Waals surface area (Å²) in [7, 11) is 0. The van der Waals surface area contributed by atoms with Crippen LogP contribution in [0.5, 0.6) is 0 Å². The van der Waals surface area contributed by atoms with E-state index >= 15 is 0 Å². The first-order valence-corrected chi connectivity index (χ1v) is 5.74. The summed E-state index contributed by atoms with van der Waals surface area (Å²) in [6, 6.07) is 1.36. The van der Waals surface area contributed by atoms with Crippen LogP contribution in [0.2, 0.25) is 0 Å². The molecule has 0 radical (unpaired) electrons. The van der Waals surface area contributed by atoms with Crippen LogP contribution in [0.3, 0.4) is 0 Å². The van der Waals surface area contributed by atoms with Crippen LogP contribution in [0.1, 0.15) is 13.3 Å². The van der Waals surface area contributed by atoms with Crippen LogP contribution in [-0.4, -0.2) is 44.4 Å². The molecule has 1 aromatic heterocycles. The van der Waals surface area contributed by atoms with E-state index < -0.39 is 36.0 Å². The molecule has 2 rings (SSSR count). The third kappa shape index (κ3) is 2.14. The molecule has 0 amide bonds. The van der Waals surface area contributed by atoms with Gasteiger partial charge in [-0.2, -0.15) is 4.98 Å². The maximum absolute atomic E-state index is 11.9. The first kappa shape index (κ1) is 13.7. The van der Waals surface area contributed by atoms with Crippen molar-refractivity contribution in [1.82, 2.24) is 9.55 Å². The van der Waals surface area contributed by atoms with E-state index in [0.29, 0.717) is 0 Å². The Hall–Kier alpha value is -1.77. The van der Waals surface area contributed by atoms with Crippen molar-refractivity contribution in [3.8, 4) is 0 Å². The minimum atomic E-state index is -1.65. The zero-order valence-electron chi connectivity index (χ0n) is 10.3. The fraction of sp³-hybridized carbons (Fsp3) is 0.545. The molecule has 0 spiro atoms. The van der Waals surface area contributed by atoms with Crippen molar-refractivity contribution in [3.63, 3.8) is 0 Å². The van der Waals surface area contributed by atoms with Crippen molar-refractivity contribution in [3.05, 3.63) is 22.7 Å². The molecule has 1 fully saturated rings. The topological polar surface area (TPSA) is 128 Å². The molecule has 1 aromatic rings. The molecular formula is C11H15N3O5. The number of nitrogens with two attached hydrogens (primary N) is 1. The molecule has 0 bridgehead atoms. The maximum Gasteiger partial charge on any atom is 0.352 e. The highest BCUT2D eigenvalue weighted by molar-refractivity contribution is 5.83. The van der Waals surface area contributed by atoms with E-state index in [2.05, 4.69) is 4.98 Å². The maximum atomic E-state index is 11.9. The number of hydrogen-bond donors (Lipinski definition) is 3. The van der Waals surface area contributed by atoms with Crippen molar-refractivity contribution in [2.75, 3.05) is 12.3 Å². The van der Waals surface area contributed by atoms with E-state index in [1.54, 1.807) is 0 Å². The van der Waals surface area contributed by atoms with E-state index in [-0.39, 0.29) is 12.2 Å². The number of hydrogen-bond acceptors (Lipinski definition) is 7. The molecule has 1 aliphatic heterocycles. The average molecular weight is 269 g/mol. The minimum Gasteiger partial charge on any atom is -0.394 e. The molecule has 0 unspecified atom stereocenters. The number of rotatable bonds is 3. The van der Waals surface area contributed by atoms with Crippen molar-refractivity contribution in [2.24, 2.45) is 0 Å². The van der Waals surface area contributed by atoms with Gasteiger partial charge in [-0.05, 0) is 13.0 Å². The molecule has 1 saturated heterocycles. The van der Waals surface area contributed by atoms with Crippen LogP contribution in [0, 0.1) is 0 Å². The first-order valence-electron chi connectivity index (χ1n) is 5.74. The van der Waals surface area contributed by atoms with Gasteiger partial charge in [0.2, 0.25) is 5.72 Å². The van der Waals surface area contributed by atoms with Gasteiger partial charge in [-0.15, -0.1) is 0 Å². The van der Waals surface area contributed by atoms with Crippen molar-refractivity contribution >= 4 is 11.6 Å². The van der Waals surface area contributed by atoms with Gasteiger partial charge in [-0.1, -0.05) is 0 Å². The quantitative estimate of drug-likeness (QED) is 0.591. The van der Waals surface area contributed by atoms with Crippen LogP contribution in [0.4, 0.5) is 5.82 Å². The molecule has 2 heterocycles. The Bertz CT molecular complexity index is 558. The Balaban J connectivity index is 2.53. The second-order valence-corrected chi connectivity index (χ2v) is 4.46. The lowest BCUT2D eigenvalue weighted by Gasteiger charge is -2.27. The molecule has 0 saturated carbocycles. The number of nitrogens with zero attached hydrogens (tertiary/aromatic N) is 2. The smallest absolute Gasteiger partial charge is 0.352 e. The van der Waals surface area contributed by atoms with E-state index in [1.807, 2.05) is 0 Å². The zero-order chi connectivity index (χ0) is 14.2. The van der Waals surface area contributed by atoms with E-state index in [4.69, 9.17) is 15.6 Å². The van der Waals surface area contributed by atoms with Gasteiger partial charge in [-0.3, -0.25) is 9.36 Å². The predicted octanol–water partition coefficient (Wildman–Crippen LogP) is -1.79. The summed E-state index contributed by atoms with van der Waals surface area (Å²) < 4.78 is 6.40. The van der Waals surface area contributed by atoms with Gasteiger partial charge in [0, 0.05) is 12.6 Å². The van der Waals surface area contributed by atoms with Gasteiger partial charge in [0.1, 0.15) is 11.9 Å². The SMILES string of the molecule is CC(=O)[C@]1(n2ccc(N)nc2=O)C[C@H](O)[C@@H](CO)O1. The third-order valence-corrected chi connectivity index (χ3v) is 3.21. The van der Waals surface area contributed by atoms with E-state index in [0.717, 1.165) is 4.57 Å². The number of ether oxygens (including phenoxy) is 1. The highest BCUT2D eigenvalue weighted by Crippen LogP contribution is 2.35. The van der Waals surface area contributed by atoms with Gasteiger partial charge in [0.15, 0.2) is 5.78 Å². The number of anilines is 1. The van der Waals surface area contributed by atoms with Crippen LogP contribution in [0.15, 0.2) is 17.1 Å². The molecule has 4 N–H and O–H groups in total. The van der Waals surface area contributed by atoms with Crippen molar-refractivity contribution < 1.29 is 19.7 Å². The fourth-order valence-corrected chi connectivity index (χ4v) is 2.19. The number of aliphatic hydroxyl groups is 2. The van der Waals surface area contributed by atoms with Gasteiger partial charge in [-0.25, -0.2) is 4.79 Å². The van der Waals surface area contributed by atoms with Gasteiger partial charge in [0.05, 0.1) is 12.7 Å². The van der Waals surface area contributed by atoms with Gasteiger partial charge >= 0.3 is 5.69 Å². The Morgan fingerprint density at radius 3 is 2.89 bits per heavy atom. The summed E-state index contributed by atoms with van der Waals surface area (Å²) in [5, 5.41) is 18.9. The van der Waals surface area contributed by atoms with Crippen LogP contribution in [-0.2, 0) is 15.3 Å². The molecular weight excluding hydrogens is 254 g/mol. The molecule has 0 aliphatic carbocycles. The molecule has 104 valence electrons. The lowest BCUT2D eigenvalue weighted by molar-refractivity contribution is -0.160. The van der Waals surface area contributed by atoms with E-state index in [1.165, 1.54) is 19.2 Å². The number of ketones is 1. The lowest BCUT2D eigenvalue weighted by Crippen LogP contribution is -2.47. The summed E-state index contributed by atoms with van der Waals surface area (Å²) in [4.78, 5) is 27.2. The number of Topliss-reactive ketones (excluding diaryl/α,β-unsaturated/α-hetero) is 1. The normalized spacial score (nSPS) is 30.5. The molecule has 3 atom stereocenters. The first-order chi connectivity index (χ1) is 8.90. The summed E-state index contributed by atoms with van der Waals surface area (Å²) >= 11 is 0. The summed E-state index contributed by atoms with van der Waals surface area (Å²) in [5.41, 5.74) is 2.99. The average Bonchev–Trinajstić information content (AvgIpc) is 2.67. The minimum absolute atomic E-state index is 0.0252. The molecule has 8 heteroatoms. The van der Waals surface area contributed by atoms with Gasteiger partial charge in [0.25, 0.3) is 0 Å². The van der Waals surface area contributed by atoms with Crippen molar-refractivity contribution in [2.45, 2.75) is 31.3 Å². The summed E-state index contributed by atoms with van der Waals surface area (Å²) in [5.74, 6) is -0.437. The fourth-order valence-electron chi connectivity index (χ4n) is 2.19. The second kappa shape index (κ2) is 4.72. The largest absolute Gasteiger partial charge is 0.394 e. The number of aliphatic hydroxyl groups excluding tert-OH is 2. The molecule has 19 heavy (non-hydrogen) atoms. The highest BCUT2D eigenvalue weighted by Gasteiger charge is 2.51. The third-order valence-electron chi connectivity index (χ3n) is 3.21. The second-order valence-electron chi connectivity index (χ2n) is 4.46. The predicted molar refractivity (Wildman–Crippen MR) is 64.1 cm³/mol. The van der Waals surface area contributed by atoms with Crippen LogP contribution >= 0.6 is 0 Å². The molecule has 1 aliphatic rings. The summed E-state index contributed by atoms with van der Waals surface area (Å²) in [6.45, 7) is 0.794.